The first-order valence-corrected chi connectivity index (χ1v) is 18.4. The van der Waals surface area contributed by atoms with Crippen molar-refractivity contribution in [3.63, 3.8) is 0 Å². The minimum Gasteiger partial charge on any atom is -0.480 e. The van der Waals surface area contributed by atoms with Gasteiger partial charge in [-0.25, -0.2) is 14.4 Å². The highest BCUT2D eigenvalue weighted by Gasteiger charge is 2.32. The Morgan fingerprint density at radius 3 is 1.48 bits per heavy atom. The lowest BCUT2D eigenvalue weighted by atomic mass is 9.99. The van der Waals surface area contributed by atoms with E-state index in [0.29, 0.717) is 12.8 Å². The van der Waals surface area contributed by atoms with Crippen LogP contribution in [0.2, 0.25) is 0 Å². The van der Waals surface area contributed by atoms with E-state index in [0.717, 1.165) is 11.1 Å². The molecule has 0 aliphatic heterocycles. The molecule has 0 aliphatic rings. The molecule has 0 bridgehead atoms. The van der Waals surface area contributed by atoms with E-state index in [2.05, 4.69) is 26.6 Å². The van der Waals surface area contributed by atoms with Crippen LogP contribution in [-0.4, -0.2) is 82.9 Å². The van der Waals surface area contributed by atoms with E-state index in [1.807, 2.05) is 50.2 Å². The Bertz CT molecular complexity index is 1520. The molecule has 0 fully saturated rings. The molecule has 5 amide bonds. The van der Waals surface area contributed by atoms with Gasteiger partial charge in [-0.1, -0.05) is 74.5 Å². The number of hydrogen-bond acceptors (Lipinski definition) is 8. The quantitative estimate of drug-likeness (QED) is 0.111. The van der Waals surface area contributed by atoms with Crippen LogP contribution in [0.25, 0.3) is 0 Å². The molecule has 2 aromatic rings. The number of aliphatic carboxylic acids is 1. The third kappa shape index (κ3) is 18.6. The van der Waals surface area contributed by atoms with Gasteiger partial charge in [-0.2, -0.15) is 0 Å². The molecule has 0 saturated heterocycles. The maximum Gasteiger partial charge on any atom is 0.408 e. The maximum absolute atomic E-state index is 14.0. The van der Waals surface area contributed by atoms with E-state index >= 15 is 0 Å². The molecule has 0 unspecified atom stereocenters. The molecule has 0 aliphatic carbocycles. The van der Waals surface area contributed by atoms with Gasteiger partial charge in [0.15, 0.2) is 0 Å². The number of carbonyl (C=O) groups excluding carboxylic acids is 5. The summed E-state index contributed by atoms with van der Waals surface area (Å²) in [6.07, 6.45) is -0.118. The Hall–Kier alpha value is -5.14. The van der Waals surface area contributed by atoms with Gasteiger partial charge in [0.25, 0.3) is 0 Å². The Kier molecular flexibility index (Phi) is 18.0. The molecule has 0 heterocycles. The number of nitrogens with one attached hydrogen (secondary N) is 5. The maximum atomic E-state index is 14.0. The summed E-state index contributed by atoms with van der Waals surface area (Å²) in [5.74, 6) is -3.30. The van der Waals surface area contributed by atoms with Gasteiger partial charge in [0.1, 0.15) is 35.4 Å². The van der Waals surface area contributed by atoms with Crippen molar-refractivity contribution < 1.29 is 43.3 Å². The second-order valence-corrected chi connectivity index (χ2v) is 15.7. The average Bonchev–Trinajstić information content (AvgIpc) is 3.05. The first-order valence-electron chi connectivity index (χ1n) is 18.4. The normalized spacial score (nSPS) is 13.7. The van der Waals surface area contributed by atoms with Crippen LogP contribution in [-0.2, 0) is 41.5 Å². The Labute approximate surface area is 318 Å². The monoisotopic (exact) mass is 753 g/mol. The molecule has 2 aromatic carbocycles. The topological polar surface area (TPSA) is 201 Å². The van der Waals surface area contributed by atoms with Crippen molar-refractivity contribution in [1.29, 1.82) is 0 Å². The summed E-state index contributed by atoms with van der Waals surface area (Å²) >= 11 is 0. The Balaban J connectivity index is 2.23. The average molecular weight is 754 g/mol. The molecule has 2 rings (SSSR count). The van der Waals surface area contributed by atoms with Gasteiger partial charge in [-0.3, -0.25) is 14.4 Å². The highest BCUT2D eigenvalue weighted by Crippen LogP contribution is 2.13. The molecule has 14 heteroatoms. The molecular weight excluding hydrogens is 694 g/mol. The first kappa shape index (κ1) is 45.0. The Morgan fingerprint density at radius 1 is 0.593 bits per heavy atom. The van der Waals surface area contributed by atoms with Gasteiger partial charge >= 0.3 is 18.2 Å². The lowest BCUT2D eigenvalue weighted by Crippen LogP contribution is -2.58. The van der Waals surface area contributed by atoms with Crippen molar-refractivity contribution in [3.8, 4) is 0 Å². The number of alkyl carbamates (subject to hydrolysis) is 2. The van der Waals surface area contributed by atoms with Crippen LogP contribution in [0.5, 0.6) is 0 Å². The molecule has 0 saturated carbocycles. The zero-order valence-electron chi connectivity index (χ0n) is 32.8. The Morgan fingerprint density at radius 2 is 1.02 bits per heavy atom. The van der Waals surface area contributed by atoms with Gasteiger partial charge < -0.3 is 41.2 Å². The number of carboxylic acids is 1. The van der Waals surface area contributed by atoms with Crippen LogP contribution in [0.15, 0.2) is 60.7 Å². The molecule has 54 heavy (non-hydrogen) atoms. The smallest absolute Gasteiger partial charge is 0.408 e. The number of ether oxygens (including phenoxy) is 2. The lowest BCUT2D eigenvalue weighted by molar-refractivity contribution is -0.142. The number of amides is 5. The third-order valence-corrected chi connectivity index (χ3v) is 7.75. The number of carbonyl (C=O) groups is 6. The third-order valence-electron chi connectivity index (χ3n) is 7.75. The molecular formula is C40H59N5O9. The highest BCUT2D eigenvalue weighted by molar-refractivity contribution is 5.95. The minimum absolute atomic E-state index is 0.0635. The minimum atomic E-state index is -1.25. The van der Waals surface area contributed by atoms with E-state index in [-0.39, 0.29) is 38.1 Å². The summed E-state index contributed by atoms with van der Waals surface area (Å²) in [5, 5.41) is 23.3. The summed E-state index contributed by atoms with van der Waals surface area (Å²) in [6, 6.07) is 13.4. The van der Waals surface area contributed by atoms with Crippen molar-refractivity contribution in [2.24, 2.45) is 5.92 Å². The summed E-state index contributed by atoms with van der Waals surface area (Å²) in [6.45, 7) is 14.3. The van der Waals surface area contributed by atoms with Gasteiger partial charge in [0.05, 0.1) is 0 Å². The SMILES string of the molecule is CC(C)C[C@@H](NC(=O)[C@@H](Cc1ccccc1)NC(=O)[C@H](Cc1ccccc1)NC(=O)OC(C)(C)C)C(=O)N[C@H](CCCCNC(=O)OC(C)(C)C)C(=O)O. The van der Waals surface area contributed by atoms with Crippen LogP contribution in [0.1, 0.15) is 92.2 Å². The number of carboxylic acid groups (broad SMARTS) is 1. The fourth-order valence-electron chi connectivity index (χ4n) is 5.32. The zero-order valence-corrected chi connectivity index (χ0v) is 32.8. The predicted octanol–water partition coefficient (Wildman–Crippen LogP) is 4.65. The van der Waals surface area contributed by atoms with Crippen LogP contribution >= 0.6 is 0 Å². The van der Waals surface area contributed by atoms with E-state index in [1.54, 1.807) is 65.8 Å². The van der Waals surface area contributed by atoms with Gasteiger partial charge in [0.2, 0.25) is 17.7 Å². The predicted molar refractivity (Wildman–Crippen MR) is 204 cm³/mol. The fraction of sp³-hybridized carbons (Fsp3) is 0.550. The summed E-state index contributed by atoms with van der Waals surface area (Å²) in [7, 11) is 0. The van der Waals surface area contributed by atoms with Crippen LogP contribution in [0, 0.1) is 5.92 Å². The summed E-state index contributed by atoms with van der Waals surface area (Å²) < 4.78 is 10.6. The van der Waals surface area contributed by atoms with Crippen LogP contribution in [0.4, 0.5) is 9.59 Å². The first-order chi connectivity index (χ1) is 25.2. The zero-order chi connectivity index (χ0) is 40.5. The van der Waals surface area contributed by atoms with Crippen molar-refractivity contribution in [3.05, 3.63) is 71.8 Å². The lowest BCUT2D eigenvalue weighted by Gasteiger charge is -2.27. The fourth-order valence-corrected chi connectivity index (χ4v) is 5.32. The molecule has 4 atom stereocenters. The number of unbranched alkanes of at least 4 members (excludes halogenated alkanes) is 1. The number of benzene rings is 2. The standard InChI is InChI=1S/C40H59N5O9/c1-26(2)23-30(33(46)42-29(36(49)50)21-15-16-22-41-37(51)53-39(3,4)5)43-34(47)31(24-27-17-11-9-12-18-27)44-35(48)32(25-28-19-13-10-14-20-28)45-38(52)54-40(6,7)8/h9-14,17-20,26,29-32H,15-16,21-25H2,1-8H3,(H,41,51)(H,42,46)(H,43,47)(H,44,48)(H,45,52)(H,49,50)/t29-,30-,31-,32+/m1/s1. The molecule has 6 N–H and O–H groups in total. The van der Waals surface area contributed by atoms with E-state index in [9.17, 15) is 33.9 Å². The van der Waals surface area contributed by atoms with E-state index < -0.39 is 71.2 Å². The highest BCUT2D eigenvalue weighted by atomic mass is 16.6. The van der Waals surface area contributed by atoms with E-state index in [1.165, 1.54) is 0 Å². The van der Waals surface area contributed by atoms with Gasteiger partial charge in [-0.05, 0) is 84.3 Å². The van der Waals surface area contributed by atoms with Crippen LogP contribution < -0.4 is 26.6 Å². The van der Waals surface area contributed by atoms with Crippen molar-refractivity contribution in [2.45, 2.75) is 129 Å². The second-order valence-electron chi connectivity index (χ2n) is 15.7. The molecule has 0 radical (unpaired) electrons. The molecule has 298 valence electrons. The number of hydrogen-bond donors (Lipinski definition) is 6. The van der Waals surface area contributed by atoms with Crippen molar-refractivity contribution in [2.75, 3.05) is 6.54 Å². The second kappa shape index (κ2) is 21.5. The van der Waals surface area contributed by atoms with Crippen LogP contribution in [0.3, 0.4) is 0 Å². The van der Waals surface area contributed by atoms with Crippen molar-refractivity contribution in [1.82, 2.24) is 26.6 Å². The van der Waals surface area contributed by atoms with Gasteiger partial charge in [0, 0.05) is 19.4 Å². The summed E-state index contributed by atoms with van der Waals surface area (Å²) in [4.78, 5) is 78.3. The molecule has 0 spiro atoms. The molecule has 14 nitrogen and oxygen atoms in total. The van der Waals surface area contributed by atoms with E-state index in [4.69, 9.17) is 9.47 Å². The largest absolute Gasteiger partial charge is 0.480 e. The van der Waals surface area contributed by atoms with Gasteiger partial charge in [-0.15, -0.1) is 0 Å². The molecule has 0 aromatic heterocycles. The summed E-state index contributed by atoms with van der Waals surface area (Å²) in [5.41, 5.74) is 0.0215. The van der Waals surface area contributed by atoms with Crippen molar-refractivity contribution >= 4 is 35.9 Å². The number of rotatable bonds is 19.